The highest BCUT2D eigenvalue weighted by atomic mass is 14.7. The van der Waals surface area contributed by atoms with Gasteiger partial charge >= 0.3 is 0 Å². The Balaban J connectivity index is 2.11. The molecule has 3 aliphatic carbocycles. The van der Waals surface area contributed by atoms with Crippen LogP contribution in [0.1, 0.15) is 33.6 Å². The fourth-order valence-corrected chi connectivity index (χ4v) is 3.57. The van der Waals surface area contributed by atoms with Gasteiger partial charge in [0.2, 0.25) is 0 Å². The van der Waals surface area contributed by atoms with Crippen molar-refractivity contribution in [2.75, 3.05) is 6.54 Å². The number of rotatable bonds is 1. The standard InChI is InChI=1S/C11H21N/c1-7-8(6-12)4-9-5-10(7)11(9,2)3/h7-10H,4-6,12H2,1-3H3/t7-,8+,9-,10+/m1/s1. The van der Waals surface area contributed by atoms with Crippen molar-refractivity contribution in [1.82, 2.24) is 0 Å². The topological polar surface area (TPSA) is 26.0 Å². The van der Waals surface area contributed by atoms with E-state index >= 15 is 0 Å². The van der Waals surface area contributed by atoms with Gasteiger partial charge < -0.3 is 5.73 Å². The molecule has 0 amide bonds. The molecule has 0 aliphatic heterocycles. The first kappa shape index (κ1) is 8.55. The van der Waals surface area contributed by atoms with Crippen LogP contribution in [0.2, 0.25) is 0 Å². The number of nitrogens with two attached hydrogens (primary N) is 1. The average molecular weight is 167 g/mol. The average Bonchev–Trinajstić information content (AvgIpc) is 2.03. The van der Waals surface area contributed by atoms with Gasteiger partial charge in [-0.15, -0.1) is 0 Å². The lowest BCUT2D eigenvalue weighted by Gasteiger charge is -2.62. The summed E-state index contributed by atoms with van der Waals surface area (Å²) in [4.78, 5) is 0. The number of fused-ring (bicyclic) bond motifs is 2. The van der Waals surface area contributed by atoms with Gasteiger partial charge in [0.1, 0.15) is 0 Å². The highest BCUT2D eigenvalue weighted by Gasteiger charge is 2.55. The molecule has 4 atom stereocenters. The van der Waals surface area contributed by atoms with E-state index in [1.165, 1.54) is 12.8 Å². The van der Waals surface area contributed by atoms with Crippen molar-refractivity contribution in [1.29, 1.82) is 0 Å². The van der Waals surface area contributed by atoms with Crippen LogP contribution in [0.5, 0.6) is 0 Å². The molecule has 0 aromatic rings. The van der Waals surface area contributed by atoms with E-state index in [0.717, 1.165) is 30.2 Å². The first-order valence-corrected chi connectivity index (χ1v) is 5.27. The van der Waals surface area contributed by atoms with Gasteiger partial charge in [-0.1, -0.05) is 20.8 Å². The largest absolute Gasteiger partial charge is 0.330 e. The lowest BCUT2D eigenvalue weighted by Crippen LogP contribution is -2.56. The van der Waals surface area contributed by atoms with E-state index in [4.69, 9.17) is 5.73 Å². The molecule has 1 heteroatoms. The van der Waals surface area contributed by atoms with Gasteiger partial charge in [0, 0.05) is 0 Å². The molecule has 1 nitrogen and oxygen atoms in total. The van der Waals surface area contributed by atoms with Gasteiger partial charge in [0.15, 0.2) is 0 Å². The summed E-state index contributed by atoms with van der Waals surface area (Å²) in [6, 6.07) is 0. The fraction of sp³-hybridized carbons (Fsp3) is 1.00. The number of hydrogen-bond acceptors (Lipinski definition) is 1. The Morgan fingerprint density at radius 3 is 2.42 bits per heavy atom. The van der Waals surface area contributed by atoms with Crippen LogP contribution in [-0.2, 0) is 0 Å². The van der Waals surface area contributed by atoms with Gasteiger partial charge in [-0.05, 0) is 48.5 Å². The van der Waals surface area contributed by atoms with Crippen molar-refractivity contribution in [2.24, 2.45) is 34.8 Å². The molecular formula is C11H21N. The second-order valence-electron chi connectivity index (χ2n) is 5.45. The minimum Gasteiger partial charge on any atom is -0.330 e. The van der Waals surface area contributed by atoms with Crippen LogP contribution in [0.15, 0.2) is 0 Å². The zero-order valence-corrected chi connectivity index (χ0v) is 8.51. The van der Waals surface area contributed by atoms with Crippen LogP contribution < -0.4 is 5.73 Å². The summed E-state index contributed by atoms with van der Waals surface area (Å²) in [7, 11) is 0. The molecule has 2 bridgehead atoms. The summed E-state index contributed by atoms with van der Waals surface area (Å²) in [5, 5.41) is 0. The fourth-order valence-electron chi connectivity index (χ4n) is 3.57. The van der Waals surface area contributed by atoms with Crippen molar-refractivity contribution in [2.45, 2.75) is 33.6 Å². The van der Waals surface area contributed by atoms with Gasteiger partial charge in [-0.25, -0.2) is 0 Å². The normalized spacial score (nSPS) is 50.0. The molecule has 0 aromatic carbocycles. The molecule has 0 saturated heterocycles. The molecule has 3 aliphatic rings. The maximum Gasteiger partial charge on any atom is -0.00461 e. The van der Waals surface area contributed by atoms with Gasteiger partial charge in [-0.3, -0.25) is 0 Å². The van der Waals surface area contributed by atoms with E-state index in [2.05, 4.69) is 20.8 Å². The van der Waals surface area contributed by atoms with E-state index in [1.807, 2.05) is 0 Å². The number of hydrogen-bond donors (Lipinski definition) is 1. The molecule has 0 aromatic heterocycles. The first-order valence-electron chi connectivity index (χ1n) is 5.27. The Labute approximate surface area is 75.7 Å². The Morgan fingerprint density at radius 2 is 2.00 bits per heavy atom. The quantitative estimate of drug-likeness (QED) is 0.637. The first-order chi connectivity index (χ1) is 5.57. The van der Waals surface area contributed by atoms with Crippen LogP contribution in [0.4, 0.5) is 0 Å². The third-order valence-corrected chi connectivity index (χ3v) is 4.81. The van der Waals surface area contributed by atoms with Gasteiger partial charge in [-0.2, -0.15) is 0 Å². The zero-order valence-electron chi connectivity index (χ0n) is 8.51. The summed E-state index contributed by atoms with van der Waals surface area (Å²) in [5.41, 5.74) is 6.40. The van der Waals surface area contributed by atoms with Gasteiger partial charge in [0.05, 0.1) is 0 Å². The lowest BCUT2D eigenvalue weighted by atomic mass is 9.43. The Morgan fingerprint density at radius 1 is 1.33 bits per heavy atom. The minimum absolute atomic E-state index is 0.630. The van der Waals surface area contributed by atoms with E-state index in [-0.39, 0.29) is 0 Å². The Hall–Kier alpha value is -0.0400. The predicted octanol–water partition coefficient (Wildman–Crippen LogP) is 2.26. The Bertz CT molecular complexity index is 185. The summed E-state index contributed by atoms with van der Waals surface area (Å²) in [6.07, 6.45) is 2.87. The van der Waals surface area contributed by atoms with Crippen molar-refractivity contribution in [3.8, 4) is 0 Å². The van der Waals surface area contributed by atoms with Crippen LogP contribution in [0.3, 0.4) is 0 Å². The molecule has 0 heterocycles. The van der Waals surface area contributed by atoms with Crippen LogP contribution in [0.25, 0.3) is 0 Å². The smallest absolute Gasteiger partial charge is 0.00461 e. The van der Waals surface area contributed by atoms with Crippen LogP contribution in [-0.4, -0.2) is 6.54 Å². The van der Waals surface area contributed by atoms with Crippen molar-refractivity contribution in [3.63, 3.8) is 0 Å². The molecule has 0 spiro atoms. The highest BCUT2D eigenvalue weighted by Crippen LogP contribution is 2.62. The second kappa shape index (κ2) is 2.47. The van der Waals surface area contributed by atoms with Gasteiger partial charge in [0.25, 0.3) is 0 Å². The zero-order chi connectivity index (χ0) is 8.93. The maximum atomic E-state index is 5.77. The third-order valence-electron chi connectivity index (χ3n) is 4.81. The maximum absolute atomic E-state index is 5.77. The SMILES string of the molecule is C[C@@H]1[C@H](CN)C[C@@H]2C[C@@H]1C2(C)C. The molecule has 3 fully saturated rings. The Kier molecular flexibility index (Phi) is 1.76. The molecule has 70 valence electrons. The molecule has 3 saturated carbocycles. The minimum atomic E-state index is 0.630. The summed E-state index contributed by atoms with van der Waals surface area (Å²) in [6.45, 7) is 8.19. The van der Waals surface area contributed by atoms with Crippen LogP contribution in [0, 0.1) is 29.1 Å². The predicted molar refractivity (Wildman–Crippen MR) is 51.7 cm³/mol. The van der Waals surface area contributed by atoms with Crippen LogP contribution >= 0.6 is 0 Å². The molecule has 0 unspecified atom stereocenters. The van der Waals surface area contributed by atoms with E-state index in [0.29, 0.717) is 5.41 Å². The van der Waals surface area contributed by atoms with E-state index < -0.39 is 0 Å². The molecule has 12 heavy (non-hydrogen) atoms. The van der Waals surface area contributed by atoms with Crippen molar-refractivity contribution >= 4 is 0 Å². The summed E-state index contributed by atoms with van der Waals surface area (Å²) in [5.74, 6) is 3.63. The monoisotopic (exact) mass is 167 g/mol. The highest BCUT2D eigenvalue weighted by molar-refractivity contribution is 5.04. The second-order valence-corrected chi connectivity index (χ2v) is 5.45. The lowest BCUT2D eigenvalue weighted by molar-refractivity contribution is -0.126. The molecule has 2 N–H and O–H groups in total. The summed E-state index contributed by atoms with van der Waals surface area (Å²) < 4.78 is 0. The molecule has 3 rings (SSSR count). The van der Waals surface area contributed by atoms with E-state index in [1.54, 1.807) is 0 Å². The molecular weight excluding hydrogens is 146 g/mol. The van der Waals surface area contributed by atoms with E-state index in [9.17, 15) is 0 Å². The third kappa shape index (κ3) is 0.891. The molecule has 0 radical (unpaired) electrons. The van der Waals surface area contributed by atoms with Crippen molar-refractivity contribution < 1.29 is 0 Å². The van der Waals surface area contributed by atoms with Crippen molar-refractivity contribution in [3.05, 3.63) is 0 Å². The summed E-state index contributed by atoms with van der Waals surface area (Å²) >= 11 is 0.